The third-order valence-corrected chi connectivity index (χ3v) is 5.82. The predicted molar refractivity (Wildman–Crippen MR) is 83.4 cm³/mol. The van der Waals surface area contributed by atoms with E-state index in [-0.39, 0.29) is 6.04 Å². The van der Waals surface area contributed by atoms with E-state index in [0.717, 1.165) is 30.0 Å². The fourth-order valence-electron chi connectivity index (χ4n) is 2.09. The first-order chi connectivity index (χ1) is 9.47. The second-order valence-corrected chi connectivity index (χ2v) is 8.34. The van der Waals surface area contributed by atoms with Crippen molar-refractivity contribution in [1.82, 2.24) is 15.0 Å². The quantitative estimate of drug-likeness (QED) is 0.746. The van der Waals surface area contributed by atoms with Crippen LogP contribution >= 0.6 is 11.8 Å². The van der Waals surface area contributed by atoms with Crippen LogP contribution in [0.3, 0.4) is 0 Å². The summed E-state index contributed by atoms with van der Waals surface area (Å²) in [5.74, 6) is 2.06. The van der Waals surface area contributed by atoms with E-state index in [4.69, 9.17) is 0 Å². The lowest BCUT2D eigenvalue weighted by molar-refractivity contribution is 0.529. The monoisotopic (exact) mass is 317 g/mol. The third kappa shape index (κ3) is 4.51. The summed E-state index contributed by atoms with van der Waals surface area (Å²) in [6.45, 7) is 4.76. The molecule has 0 unspecified atom stereocenters. The van der Waals surface area contributed by atoms with Crippen molar-refractivity contribution in [2.45, 2.75) is 50.2 Å². The number of aromatic amines is 1. The van der Waals surface area contributed by atoms with E-state index in [9.17, 15) is 8.42 Å². The van der Waals surface area contributed by atoms with Crippen molar-refractivity contribution in [1.29, 1.82) is 0 Å². The highest BCUT2D eigenvalue weighted by Gasteiger charge is 2.22. The smallest absolute Gasteiger partial charge is 0.242 e. The van der Waals surface area contributed by atoms with Crippen LogP contribution in [0.1, 0.15) is 32.4 Å². The van der Waals surface area contributed by atoms with Crippen molar-refractivity contribution in [2.75, 3.05) is 11.5 Å². The minimum atomic E-state index is -3.40. The molecule has 114 valence electrons. The molecule has 1 aliphatic heterocycles. The topological polar surface area (TPSA) is 74.0 Å². The molecular weight excluding hydrogens is 294 g/mol. The number of thioether (sulfide) groups is 1. The van der Waals surface area contributed by atoms with Crippen molar-refractivity contribution in [3.63, 3.8) is 0 Å². The van der Waals surface area contributed by atoms with E-state index >= 15 is 0 Å². The molecule has 7 heteroatoms. The van der Waals surface area contributed by atoms with Crippen LogP contribution in [0.4, 0.5) is 0 Å². The fourth-order valence-corrected chi connectivity index (χ4v) is 4.52. The highest BCUT2D eigenvalue weighted by atomic mass is 32.2. The zero-order chi connectivity index (χ0) is 14.6. The number of hydrogen-bond acceptors (Lipinski definition) is 4. The molecule has 1 saturated heterocycles. The summed E-state index contributed by atoms with van der Waals surface area (Å²) in [5, 5.41) is 3.26. The highest BCUT2D eigenvalue weighted by molar-refractivity contribution is 7.99. The maximum atomic E-state index is 12.3. The van der Waals surface area contributed by atoms with E-state index in [0.29, 0.717) is 17.5 Å². The lowest BCUT2D eigenvalue weighted by Crippen LogP contribution is -2.37. The summed E-state index contributed by atoms with van der Waals surface area (Å²) in [4.78, 5) is 3.35. The number of nitrogens with one attached hydrogen (secondary N) is 3. The van der Waals surface area contributed by atoms with Gasteiger partial charge in [-0.05, 0) is 30.4 Å². The van der Waals surface area contributed by atoms with Crippen molar-refractivity contribution in [3.8, 4) is 0 Å². The predicted octanol–water partition coefficient (Wildman–Crippen LogP) is 1.69. The molecule has 1 aromatic rings. The Morgan fingerprint density at radius 1 is 1.40 bits per heavy atom. The number of aromatic nitrogens is 1. The second-order valence-electron chi connectivity index (χ2n) is 5.40. The molecule has 0 aromatic carbocycles. The van der Waals surface area contributed by atoms with E-state index in [2.05, 4.69) is 28.9 Å². The lowest BCUT2D eigenvalue weighted by Gasteiger charge is -2.21. The Morgan fingerprint density at radius 2 is 2.10 bits per heavy atom. The van der Waals surface area contributed by atoms with Gasteiger partial charge in [-0.25, -0.2) is 13.1 Å². The SMILES string of the molecule is CC(C)NCc1cc(S(=O)(=O)NC2CCSCC2)c[nH]1. The van der Waals surface area contributed by atoms with Crippen LogP contribution < -0.4 is 10.0 Å². The van der Waals surface area contributed by atoms with Crippen molar-refractivity contribution < 1.29 is 8.42 Å². The molecule has 1 aliphatic rings. The standard InChI is InChI=1S/C13H23N3O2S2/c1-10(2)14-8-12-7-13(9-15-12)20(17,18)16-11-3-5-19-6-4-11/h7,9-11,14-16H,3-6,8H2,1-2H3. The molecule has 1 fully saturated rings. The van der Waals surface area contributed by atoms with Crippen LogP contribution in [0.25, 0.3) is 0 Å². The summed E-state index contributed by atoms with van der Waals surface area (Å²) in [6, 6.07) is 2.15. The molecule has 0 aliphatic carbocycles. The van der Waals surface area contributed by atoms with Crippen LogP contribution in [0.2, 0.25) is 0 Å². The average Bonchev–Trinajstić information content (AvgIpc) is 2.86. The Balaban J connectivity index is 1.98. The van der Waals surface area contributed by atoms with E-state index in [1.807, 2.05) is 11.8 Å². The maximum absolute atomic E-state index is 12.3. The van der Waals surface area contributed by atoms with Crippen LogP contribution in [0.5, 0.6) is 0 Å². The molecule has 1 aromatic heterocycles. The first-order valence-electron chi connectivity index (χ1n) is 6.98. The van der Waals surface area contributed by atoms with Gasteiger partial charge in [-0.2, -0.15) is 11.8 Å². The van der Waals surface area contributed by atoms with Gasteiger partial charge in [-0.15, -0.1) is 0 Å². The summed E-state index contributed by atoms with van der Waals surface area (Å²) < 4.78 is 27.4. The fraction of sp³-hybridized carbons (Fsp3) is 0.692. The molecular formula is C13H23N3O2S2. The molecule has 3 N–H and O–H groups in total. The molecule has 0 spiro atoms. The summed E-state index contributed by atoms with van der Waals surface area (Å²) >= 11 is 1.88. The van der Waals surface area contributed by atoms with E-state index in [1.54, 1.807) is 12.3 Å². The number of H-pyrrole nitrogens is 1. The lowest BCUT2D eigenvalue weighted by atomic mass is 10.2. The van der Waals surface area contributed by atoms with Crippen molar-refractivity contribution in [2.24, 2.45) is 0 Å². The van der Waals surface area contributed by atoms with Gasteiger partial charge in [0.05, 0.1) is 4.90 Å². The van der Waals surface area contributed by atoms with Crippen LogP contribution in [0, 0.1) is 0 Å². The zero-order valence-electron chi connectivity index (χ0n) is 12.0. The van der Waals surface area contributed by atoms with Gasteiger partial charge >= 0.3 is 0 Å². The maximum Gasteiger partial charge on any atom is 0.242 e. The molecule has 0 amide bonds. The molecule has 2 rings (SSSR count). The summed E-state index contributed by atoms with van der Waals surface area (Å²) in [5.41, 5.74) is 0.887. The van der Waals surface area contributed by atoms with E-state index < -0.39 is 10.0 Å². The molecule has 2 heterocycles. The van der Waals surface area contributed by atoms with Gasteiger partial charge in [0.1, 0.15) is 0 Å². The molecule has 0 saturated carbocycles. The van der Waals surface area contributed by atoms with Gasteiger partial charge in [0.25, 0.3) is 0 Å². The first kappa shape index (κ1) is 15.9. The van der Waals surface area contributed by atoms with Crippen molar-refractivity contribution >= 4 is 21.8 Å². The van der Waals surface area contributed by atoms with Crippen LogP contribution in [-0.4, -0.2) is 37.0 Å². The van der Waals surface area contributed by atoms with Gasteiger partial charge < -0.3 is 10.3 Å². The number of rotatable bonds is 6. The largest absolute Gasteiger partial charge is 0.363 e. The minimum absolute atomic E-state index is 0.0772. The minimum Gasteiger partial charge on any atom is -0.363 e. The average molecular weight is 317 g/mol. The Labute approximate surface area is 125 Å². The molecule has 5 nitrogen and oxygen atoms in total. The van der Waals surface area contributed by atoms with E-state index in [1.165, 1.54) is 0 Å². The zero-order valence-corrected chi connectivity index (χ0v) is 13.6. The Morgan fingerprint density at radius 3 is 2.75 bits per heavy atom. The van der Waals surface area contributed by atoms with Crippen molar-refractivity contribution in [3.05, 3.63) is 18.0 Å². The number of sulfonamides is 1. The van der Waals surface area contributed by atoms with Gasteiger partial charge in [-0.3, -0.25) is 0 Å². The normalized spacial score (nSPS) is 17.8. The van der Waals surface area contributed by atoms with Gasteiger partial charge in [0.15, 0.2) is 0 Å². The van der Waals surface area contributed by atoms with Crippen LogP contribution in [0.15, 0.2) is 17.2 Å². The second kappa shape index (κ2) is 6.98. The third-order valence-electron chi connectivity index (χ3n) is 3.27. The molecule has 0 radical (unpaired) electrons. The molecule has 0 bridgehead atoms. The summed E-state index contributed by atoms with van der Waals surface area (Å²) in [6.07, 6.45) is 3.39. The summed E-state index contributed by atoms with van der Waals surface area (Å²) in [7, 11) is -3.40. The van der Waals surface area contributed by atoms with Gasteiger partial charge in [-0.1, -0.05) is 13.8 Å². The van der Waals surface area contributed by atoms with Gasteiger partial charge in [0.2, 0.25) is 10.0 Å². The number of hydrogen-bond donors (Lipinski definition) is 3. The Hall–Kier alpha value is -0.500. The van der Waals surface area contributed by atoms with Gasteiger partial charge in [0, 0.05) is 30.5 Å². The van der Waals surface area contributed by atoms with Crippen LogP contribution in [-0.2, 0) is 16.6 Å². The highest BCUT2D eigenvalue weighted by Crippen LogP contribution is 2.19. The Kier molecular flexibility index (Phi) is 5.54. The molecule has 0 atom stereocenters. The Bertz CT molecular complexity index is 519. The molecule has 20 heavy (non-hydrogen) atoms. The first-order valence-corrected chi connectivity index (χ1v) is 9.62.